The molecule has 0 bridgehead atoms. The maximum Gasteiger partial charge on any atom is 0.166 e. The Bertz CT molecular complexity index is 535. The van der Waals surface area contributed by atoms with Crippen LogP contribution >= 0.6 is 15.9 Å². The van der Waals surface area contributed by atoms with E-state index in [0.29, 0.717) is 21.5 Å². The highest BCUT2D eigenvalue weighted by Gasteiger charge is 2.09. The van der Waals surface area contributed by atoms with Crippen LogP contribution in [0.4, 0.5) is 4.39 Å². The monoisotopic (exact) mass is 326 g/mol. The van der Waals surface area contributed by atoms with E-state index in [1.54, 1.807) is 31.4 Å². The molecule has 0 unspecified atom stereocenters. The van der Waals surface area contributed by atoms with Gasteiger partial charge in [0.05, 0.1) is 18.2 Å². The largest absolute Gasteiger partial charge is 0.497 e. The fourth-order valence-electron chi connectivity index (χ4n) is 1.54. The maximum atomic E-state index is 13.7. The molecule has 5 heteroatoms. The molecule has 0 radical (unpaired) electrons. The van der Waals surface area contributed by atoms with Crippen molar-refractivity contribution >= 4 is 15.9 Å². The second-order valence-electron chi connectivity index (χ2n) is 3.82. The van der Waals surface area contributed by atoms with Crippen molar-refractivity contribution in [3.63, 3.8) is 0 Å². The third-order valence-electron chi connectivity index (χ3n) is 2.54. The van der Waals surface area contributed by atoms with Crippen LogP contribution in [-0.4, -0.2) is 12.2 Å². The van der Waals surface area contributed by atoms with Crippen LogP contribution in [0.25, 0.3) is 0 Å². The molecule has 19 heavy (non-hydrogen) atoms. The average Bonchev–Trinajstić information content (AvgIpc) is 2.42. The zero-order valence-corrected chi connectivity index (χ0v) is 11.8. The minimum atomic E-state index is -0.519. The third kappa shape index (κ3) is 3.24. The molecule has 0 fully saturated rings. The molecule has 2 aromatic carbocycles. The smallest absolute Gasteiger partial charge is 0.166 e. The van der Waals surface area contributed by atoms with E-state index < -0.39 is 5.82 Å². The first kappa shape index (κ1) is 13.8. The molecule has 0 aromatic heterocycles. The van der Waals surface area contributed by atoms with E-state index in [1.165, 1.54) is 12.1 Å². The first-order valence-corrected chi connectivity index (χ1v) is 6.34. The zero-order valence-electron chi connectivity index (χ0n) is 10.2. The molecule has 0 aliphatic rings. The third-order valence-corrected chi connectivity index (χ3v) is 3.16. The van der Waals surface area contributed by atoms with E-state index in [1.807, 2.05) is 0 Å². The number of hydrogen-bond acceptors (Lipinski definition) is 3. The van der Waals surface area contributed by atoms with E-state index >= 15 is 0 Å². The fourth-order valence-corrected chi connectivity index (χ4v) is 1.97. The Kier molecular flexibility index (Phi) is 4.39. The molecule has 0 spiro atoms. The van der Waals surface area contributed by atoms with Gasteiger partial charge < -0.3 is 14.6 Å². The van der Waals surface area contributed by atoms with Gasteiger partial charge in [0, 0.05) is 0 Å². The standard InChI is InChI=1S/C14H12BrFO3/c1-18-10-3-5-13(11(15)7-10)19-14-4-2-9(8-17)6-12(14)16/h2-7,17H,8H2,1H3. The molecule has 0 aliphatic carbocycles. The second kappa shape index (κ2) is 6.04. The number of hydrogen-bond donors (Lipinski definition) is 1. The molecular weight excluding hydrogens is 315 g/mol. The number of benzene rings is 2. The highest BCUT2D eigenvalue weighted by Crippen LogP contribution is 2.33. The highest BCUT2D eigenvalue weighted by molar-refractivity contribution is 9.10. The Balaban J connectivity index is 2.26. The summed E-state index contributed by atoms with van der Waals surface area (Å²) < 4.78 is 24.9. The number of halogens is 2. The number of aliphatic hydroxyl groups excluding tert-OH is 1. The van der Waals surface area contributed by atoms with Crippen molar-refractivity contribution in [2.45, 2.75) is 6.61 Å². The summed E-state index contributed by atoms with van der Waals surface area (Å²) in [6.07, 6.45) is 0. The van der Waals surface area contributed by atoms with Gasteiger partial charge in [0.25, 0.3) is 0 Å². The molecule has 0 heterocycles. The lowest BCUT2D eigenvalue weighted by Crippen LogP contribution is -1.92. The minimum absolute atomic E-state index is 0.100. The molecule has 0 amide bonds. The van der Waals surface area contributed by atoms with Crippen molar-refractivity contribution in [3.8, 4) is 17.2 Å². The van der Waals surface area contributed by atoms with E-state index in [0.717, 1.165) is 0 Å². The van der Waals surface area contributed by atoms with Crippen LogP contribution in [0.5, 0.6) is 17.2 Å². The predicted molar refractivity (Wildman–Crippen MR) is 73.1 cm³/mol. The van der Waals surface area contributed by atoms with Gasteiger partial charge in [-0.15, -0.1) is 0 Å². The van der Waals surface area contributed by atoms with Crippen LogP contribution in [0.1, 0.15) is 5.56 Å². The predicted octanol–water partition coefficient (Wildman–Crippen LogP) is 3.88. The van der Waals surface area contributed by atoms with Gasteiger partial charge in [0.1, 0.15) is 11.5 Å². The van der Waals surface area contributed by atoms with Gasteiger partial charge in [0.15, 0.2) is 11.6 Å². The molecule has 0 saturated carbocycles. The molecule has 2 aromatic rings. The Morgan fingerprint density at radius 3 is 2.47 bits per heavy atom. The van der Waals surface area contributed by atoms with E-state index in [2.05, 4.69) is 15.9 Å². The fraction of sp³-hybridized carbons (Fsp3) is 0.143. The summed E-state index contributed by atoms with van der Waals surface area (Å²) >= 11 is 3.33. The van der Waals surface area contributed by atoms with Gasteiger partial charge >= 0.3 is 0 Å². The maximum absolute atomic E-state index is 13.7. The number of aliphatic hydroxyl groups is 1. The second-order valence-corrected chi connectivity index (χ2v) is 4.68. The van der Waals surface area contributed by atoms with Gasteiger partial charge in [-0.25, -0.2) is 4.39 Å². The van der Waals surface area contributed by atoms with E-state index in [9.17, 15) is 4.39 Å². The first-order chi connectivity index (χ1) is 9.13. The van der Waals surface area contributed by atoms with Crippen LogP contribution in [0.2, 0.25) is 0 Å². The molecule has 3 nitrogen and oxygen atoms in total. The summed E-state index contributed by atoms with van der Waals surface area (Å²) in [7, 11) is 1.57. The lowest BCUT2D eigenvalue weighted by atomic mass is 10.2. The summed E-state index contributed by atoms with van der Waals surface area (Å²) in [6.45, 7) is -0.205. The summed E-state index contributed by atoms with van der Waals surface area (Å²) in [5, 5.41) is 8.92. The summed E-state index contributed by atoms with van der Waals surface area (Å²) in [5.41, 5.74) is 0.499. The van der Waals surface area contributed by atoms with Crippen LogP contribution in [0, 0.1) is 5.82 Å². The first-order valence-electron chi connectivity index (χ1n) is 5.54. The molecule has 2 rings (SSSR count). The van der Waals surface area contributed by atoms with Crippen molar-refractivity contribution in [2.75, 3.05) is 7.11 Å². The topological polar surface area (TPSA) is 38.7 Å². The summed E-state index contributed by atoms with van der Waals surface area (Å²) in [4.78, 5) is 0. The Labute approximate surface area is 118 Å². The Hall–Kier alpha value is -1.59. The van der Waals surface area contributed by atoms with Crippen LogP contribution in [0.3, 0.4) is 0 Å². The lowest BCUT2D eigenvalue weighted by Gasteiger charge is -2.10. The van der Waals surface area contributed by atoms with Crippen molar-refractivity contribution in [1.82, 2.24) is 0 Å². The van der Waals surface area contributed by atoms with Gasteiger partial charge in [-0.1, -0.05) is 6.07 Å². The molecular formula is C14H12BrFO3. The number of ether oxygens (including phenoxy) is 2. The van der Waals surface area contributed by atoms with Crippen LogP contribution in [-0.2, 0) is 6.61 Å². The Morgan fingerprint density at radius 1 is 1.16 bits per heavy atom. The van der Waals surface area contributed by atoms with Crippen molar-refractivity contribution in [1.29, 1.82) is 0 Å². The van der Waals surface area contributed by atoms with Crippen LogP contribution in [0.15, 0.2) is 40.9 Å². The lowest BCUT2D eigenvalue weighted by molar-refractivity contribution is 0.281. The molecule has 0 saturated heterocycles. The van der Waals surface area contributed by atoms with E-state index in [4.69, 9.17) is 14.6 Å². The van der Waals surface area contributed by atoms with Gasteiger partial charge in [-0.3, -0.25) is 0 Å². The summed E-state index contributed by atoms with van der Waals surface area (Å²) in [6, 6.07) is 9.47. The molecule has 0 atom stereocenters. The molecule has 100 valence electrons. The Morgan fingerprint density at radius 2 is 1.89 bits per heavy atom. The number of methoxy groups -OCH3 is 1. The molecule has 0 aliphatic heterocycles. The summed E-state index contributed by atoms with van der Waals surface area (Å²) in [5.74, 6) is 0.740. The van der Waals surface area contributed by atoms with E-state index in [-0.39, 0.29) is 12.4 Å². The normalized spacial score (nSPS) is 10.3. The number of rotatable bonds is 4. The van der Waals surface area contributed by atoms with Crippen molar-refractivity contribution in [3.05, 3.63) is 52.3 Å². The van der Waals surface area contributed by atoms with Crippen molar-refractivity contribution < 1.29 is 19.0 Å². The van der Waals surface area contributed by atoms with Gasteiger partial charge in [-0.05, 0) is 51.8 Å². The SMILES string of the molecule is COc1ccc(Oc2ccc(CO)cc2F)c(Br)c1. The quantitative estimate of drug-likeness (QED) is 0.926. The highest BCUT2D eigenvalue weighted by atomic mass is 79.9. The minimum Gasteiger partial charge on any atom is -0.497 e. The van der Waals surface area contributed by atoms with Gasteiger partial charge in [0.2, 0.25) is 0 Å². The van der Waals surface area contributed by atoms with Crippen LogP contribution < -0.4 is 9.47 Å². The average molecular weight is 327 g/mol. The van der Waals surface area contributed by atoms with Gasteiger partial charge in [-0.2, -0.15) is 0 Å². The zero-order chi connectivity index (χ0) is 13.8. The van der Waals surface area contributed by atoms with Crippen molar-refractivity contribution in [2.24, 2.45) is 0 Å². The molecule has 1 N–H and O–H groups in total.